The van der Waals surface area contributed by atoms with Crippen molar-refractivity contribution >= 4 is 5.97 Å². The number of hydrogen-bond donors (Lipinski definition) is 1. The van der Waals surface area contributed by atoms with E-state index in [0.29, 0.717) is 6.61 Å². The average molecular weight is 182 g/mol. The summed E-state index contributed by atoms with van der Waals surface area (Å²) >= 11 is 0. The molecule has 0 fully saturated rings. The molecule has 0 heterocycles. The number of benzene rings is 1. The molecular weight excluding hydrogens is 172 g/mol. The number of hydrogen-bond acceptors (Lipinski definition) is 3. The van der Waals surface area contributed by atoms with Crippen molar-refractivity contribution in [2.45, 2.75) is 6.61 Å². The largest absolute Gasteiger partial charge is 0.478 e. The third kappa shape index (κ3) is 2.85. The molecule has 0 bridgehead atoms. The first-order valence-electron chi connectivity index (χ1n) is 3.72. The van der Waals surface area contributed by atoms with E-state index in [1.54, 1.807) is 12.1 Å². The van der Waals surface area contributed by atoms with E-state index in [1.165, 1.54) is 19.2 Å². The summed E-state index contributed by atoms with van der Waals surface area (Å²) < 4.78 is 0. The van der Waals surface area contributed by atoms with E-state index in [2.05, 4.69) is 9.78 Å². The minimum Gasteiger partial charge on any atom is -0.478 e. The van der Waals surface area contributed by atoms with E-state index < -0.39 is 5.97 Å². The van der Waals surface area contributed by atoms with Crippen LogP contribution in [0.15, 0.2) is 24.3 Å². The molecule has 0 radical (unpaired) electrons. The van der Waals surface area contributed by atoms with Gasteiger partial charge >= 0.3 is 5.97 Å². The Hall–Kier alpha value is -1.39. The second-order valence-corrected chi connectivity index (χ2v) is 2.43. The van der Waals surface area contributed by atoms with E-state index in [-0.39, 0.29) is 5.56 Å². The van der Waals surface area contributed by atoms with Crippen LogP contribution < -0.4 is 0 Å². The molecule has 4 heteroatoms. The molecule has 0 atom stereocenters. The first kappa shape index (κ1) is 9.70. The lowest BCUT2D eigenvalue weighted by Crippen LogP contribution is -1.97. The second kappa shape index (κ2) is 4.59. The monoisotopic (exact) mass is 182 g/mol. The standard InChI is InChI=1S/C9H10O4/c1-12-13-6-7-2-4-8(5-3-7)9(10)11/h2-5H,6H2,1H3,(H,10,11). The predicted molar refractivity (Wildman–Crippen MR) is 45.2 cm³/mol. The number of aromatic carboxylic acids is 1. The predicted octanol–water partition coefficient (Wildman–Crippen LogP) is 1.46. The zero-order chi connectivity index (χ0) is 9.68. The minimum atomic E-state index is -0.931. The zero-order valence-electron chi connectivity index (χ0n) is 7.19. The quantitative estimate of drug-likeness (QED) is 0.565. The molecule has 13 heavy (non-hydrogen) atoms. The van der Waals surface area contributed by atoms with Crippen LogP contribution in [0.3, 0.4) is 0 Å². The van der Waals surface area contributed by atoms with Gasteiger partial charge in [0, 0.05) is 0 Å². The molecule has 1 aromatic carbocycles. The molecule has 70 valence electrons. The maximum atomic E-state index is 10.5. The number of carboxylic acid groups (broad SMARTS) is 1. The van der Waals surface area contributed by atoms with Crippen LogP contribution >= 0.6 is 0 Å². The van der Waals surface area contributed by atoms with Crippen LogP contribution in [0.2, 0.25) is 0 Å². The van der Waals surface area contributed by atoms with E-state index in [4.69, 9.17) is 5.11 Å². The highest BCUT2D eigenvalue weighted by molar-refractivity contribution is 5.87. The normalized spacial score (nSPS) is 9.92. The van der Waals surface area contributed by atoms with E-state index >= 15 is 0 Å². The molecule has 0 unspecified atom stereocenters. The molecule has 0 saturated heterocycles. The lowest BCUT2D eigenvalue weighted by atomic mass is 10.1. The molecule has 1 rings (SSSR count). The van der Waals surface area contributed by atoms with Crippen molar-refractivity contribution in [2.75, 3.05) is 7.11 Å². The van der Waals surface area contributed by atoms with Crippen molar-refractivity contribution in [3.05, 3.63) is 35.4 Å². The Balaban J connectivity index is 2.64. The Bertz CT molecular complexity index is 278. The van der Waals surface area contributed by atoms with Crippen LogP contribution in [0.1, 0.15) is 15.9 Å². The number of carboxylic acids is 1. The van der Waals surface area contributed by atoms with Crippen LogP contribution in [0.5, 0.6) is 0 Å². The van der Waals surface area contributed by atoms with Crippen molar-refractivity contribution in [1.29, 1.82) is 0 Å². The molecule has 0 aliphatic heterocycles. The van der Waals surface area contributed by atoms with Crippen LogP contribution in [0, 0.1) is 0 Å². The van der Waals surface area contributed by atoms with Gasteiger partial charge in [-0.25, -0.2) is 14.6 Å². The molecule has 4 nitrogen and oxygen atoms in total. The summed E-state index contributed by atoms with van der Waals surface area (Å²) in [5.41, 5.74) is 1.13. The number of carbonyl (C=O) groups is 1. The van der Waals surface area contributed by atoms with E-state index in [1.807, 2.05) is 0 Å². The second-order valence-electron chi connectivity index (χ2n) is 2.43. The van der Waals surface area contributed by atoms with Crippen LogP contribution in [0.4, 0.5) is 0 Å². The SMILES string of the molecule is COOCc1ccc(C(=O)O)cc1. The Morgan fingerprint density at radius 1 is 1.38 bits per heavy atom. The average Bonchev–Trinajstić information content (AvgIpc) is 2.15. The van der Waals surface area contributed by atoms with Crippen molar-refractivity contribution < 1.29 is 19.7 Å². The fourth-order valence-corrected chi connectivity index (χ4v) is 0.871. The van der Waals surface area contributed by atoms with Gasteiger partial charge in [0.05, 0.1) is 12.7 Å². The van der Waals surface area contributed by atoms with Gasteiger partial charge in [0.15, 0.2) is 0 Å². The summed E-state index contributed by atoms with van der Waals surface area (Å²) in [6.07, 6.45) is 0. The van der Waals surface area contributed by atoms with Crippen LogP contribution in [-0.4, -0.2) is 18.2 Å². The van der Waals surface area contributed by atoms with Gasteiger partial charge in [0.1, 0.15) is 6.61 Å². The van der Waals surface area contributed by atoms with Crippen molar-refractivity contribution in [3.63, 3.8) is 0 Å². The third-order valence-electron chi connectivity index (χ3n) is 1.54. The van der Waals surface area contributed by atoms with Gasteiger partial charge in [-0.15, -0.1) is 0 Å². The molecule has 0 aromatic heterocycles. The summed E-state index contributed by atoms with van der Waals surface area (Å²) in [7, 11) is 1.42. The smallest absolute Gasteiger partial charge is 0.335 e. The molecule has 0 spiro atoms. The van der Waals surface area contributed by atoms with Gasteiger partial charge in [-0.3, -0.25) is 0 Å². The topological polar surface area (TPSA) is 55.8 Å². The molecule has 0 amide bonds. The van der Waals surface area contributed by atoms with Gasteiger partial charge in [0.2, 0.25) is 0 Å². The Labute approximate surface area is 75.6 Å². The first-order chi connectivity index (χ1) is 6.24. The zero-order valence-corrected chi connectivity index (χ0v) is 7.19. The lowest BCUT2D eigenvalue weighted by Gasteiger charge is -2.00. The highest BCUT2D eigenvalue weighted by Crippen LogP contribution is 2.05. The first-order valence-corrected chi connectivity index (χ1v) is 3.72. The summed E-state index contributed by atoms with van der Waals surface area (Å²) in [5, 5.41) is 8.60. The summed E-state index contributed by atoms with van der Waals surface area (Å²) in [6, 6.07) is 6.41. The Kier molecular flexibility index (Phi) is 3.42. The fraction of sp³-hybridized carbons (Fsp3) is 0.222. The minimum absolute atomic E-state index is 0.265. The molecule has 1 N–H and O–H groups in total. The Morgan fingerprint density at radius 2 is 2.00 bits per heavy atom. The lowest BCUT2D eigenvalue weighted by molar-refractivity contribution is -0.282. The van der Waals surface area contributed by atoms with Gasteiger partial charge in [0.25, 0.3) is 0 Å². The molecule has 0 aliphatic rings. The van der Waals surface area contributed by atoms with Crippen LogP contribution in [0.25, 0.3) is 0 Å². The highest BCUT2D eigenvalue weighted by atomic mass is 17.2. The fourth-order valence-electron chi connectivity index (χ4n) is 0.871. The molecular formula is C9H10O4. The van der Waals surface area contributed by atoms with Crippen LogP contribution in [-0.2, 0) is 16.4 Å². The third-order valence-corrected chi connectivity index (χ3v) is 1.54. The van der Waals surface area contributed by atoms with Gasteiger partial charge < -0.3 is 5.11 Å². The Morgan fingerprint density at radius 3 is 2.46 bits per heavy atom. The van der Waals surface area contributed by atoms with Crippen molar-refractivity contribution in [1.82, 2.24) is 0 Å². The summed E-state index contributed by atoms with van der Waals surface area (Å²) in [5.74, 6) is -0.931. The maximum Gasteiger partial charge on any atom is 0.335 e. The van der Waals surface area contributed by atoms with Crippen molar-refractivity contribution in [3.8, 4) is 0 Å². The van der Waals surface area contributed by atoms with E-state index in [9.17, 15) is 4.79 Å². The van der Waals surface area contributed by atoms with Gasteiger partial charge in [-0.2, -0.15) is 0 Å². The highest BCUT2D eigenvalue weighted by Gasteiger charge is 2.01. The van der Waals surface area contributed by atoms with E-state index in [0.717, 1.165) is 5.56 Å². The summed E-state index contributed by atoms with van der Waals surface area (Å²) in [6.45, 7) is 0.316. The number of rotatable bonds is 4. The molecule has 1 aromatic rings. The van der Waals surface area contributed by atoms with Gasteiger partial charge in [-0.1, -0.05) is 12.1 Å². The summed E-state index contributed by atoms with van der Waals surface area (Å²) in [4.78, 5) is 19.5. The molecule has 0 aliphatic carbocycles. The molecule has 0 saturated carbocycles. The maximum absolute atomic E-state index is 10.5. The van der Waals surface area contributed by atoms with Crippen molar-refractivity contribution in [2.24, 2.45) is 0 Å². The van der Waals surface area contributed by atoms with Gasteiger partial charge in [-0.05, 0) is 17.7 Å².